The van der Waals surface area contributed by atoms with Crippen molar-refractivity contribution in [1.29, 1.82) is 0 Å². The van der Waals surface area contributed by atoms with Crippen molar-refractivity contribution in [2.24, 2.45) is 0 Å². The Balaban J connectivity index is 0.000000272. The maximum Gasteiger partial charge on any atom is 0.0757 e. The van der Waals surface area contributed by atoms with E-state index < -0.39 is 32.3 Å². The van der Waals surface area contributed by atoms with Crippen LogP contribution in [0.1, 0.15) is 105 Å². The third-order valence-electron chi connectivity index (χ3n) is 12.9. The minimum Gasteiger partial charge on any atom is -0.145 e. The molecule has 6 aromatic carbocycles. The second-order valence-corrected chi connectivity index (χ2v) is 47.3. The Kier molecular flexibility index (Phi) is 15.1. The Hall–Kier alpha value is -2.16. The van der Waals surface area contributed by atoms with Crippen molar-refractivity contribution in [3.63, 3.8) is 0 Å². The summed E-state index contributed by atoms with van der Waals surface area (Å²) in [6.07, 6.45) is 0. The van der Waals surface area contributed by atoms with Crippen LogP contribution in [0.2, 0.25) is 78.6 Å². The molecule has 0 heterocycles. The van der Waals surface area contributed by atoms with Crippen LogP contribution in [0.25, 0.3) is 43.8 Å². The summed E-state index contributed by atoms with van der Waals surface area (Å²) in [6.45, 7) is 57.7. The first-order valence-electron chi connectivity index (χ1n) is 23.6. The van der Waals surface area contributed by atoms with E-state index in [0.717, 1.165) is 0 Å². The predicted octanol–water partition coefficient (Wildman–Crippen LogP) is 15.8. The average Bonchev–Trinajstić information content (AvgIpc) is 3.71. The summed E-state index contributed by atoms with van der Waals surface area (Å²) in [5.41, 5.74) is 11.7. The van der Waals surface area contributed by atoms with Crippen LogP contribution in [0.4, 0.5) is 0 Å². The number of hydrogen-bond donors (Lipinski definition) is 0. The molecule has 5 heteroatoms. The van der Waals surface area contributed by atoms with Crippen molar-refractivity contribution in [3.05, 3.63) is 107 Å². The van der Waals surface area contributed by atoms with E-state index in [9.17, 15) is 0 Å². The molecule has 0 spiro atoms. The van der Waals surface area contributed by atoms with Gasteiger partial charge in [-0.3, -0.25) is 0 Å². The first-order valence-corrected chi connectivity index (χ1v) is 37.6. The van der Waals surface area contributed by atoms with Gasteiger partial charge in [0, 0.05) is 25.8 Å². The molecule has 0 aliphatic carbocycles. The summed E-state index contributed by atoms with van der Waals surface area (Å²) >= 11 is 0. The van der Waals surface area contributed by atoms with Crippen molar-refractivity contribution >= 4 is 74.6 Å². The van der Waals surface area contributed by atoms with E-state index in [4.69, 9.17) is 0 Å². The van der Waals surface area contributed by atoms with E-state index in [2.05, 4.69) is 247 Å². The molecule has 63 heavy (non-hydrogen) atoms. The van der Waals surface area contributed by atoms with E-state index in [1.165, 1.54) is 66.1 Å². The third-order valence-corrected chi connectivity index (χ3v) is 21.5. The summed E-state index contributed by atoms with van der Waals surface area (Å²) in [6, 6.07) is 34.4. The Morgan fingerprint density at radius 3 is 0.730 bits per heavy atom. The number of hydrogen-bond acceptors (Lipinski definition) is 0. The molecule has 0 saturated heterocycles. The number of benzene rings is 4. The van der Waals surface area contributed by atoms with Crippen LogP contribution in [-0.2, 0) is 47.5 Å². The largest absolute Gasteiger partial charge is 0.145 e. The van der Waals surface area contributed by atoms with Crippen LogP contribution in [0.5, 0.6) is 0 Å². The molecule has 0 nitrogen and oxygen atoms in total. The fourth-order valence-corrected chi connectivity index (χ4v) is 19.0. The Bertz CT molecular complexity index is 2220. The fourth-order valence-electron chi connectivity index (χ4n) is 8.66. The van der Waals surface area contributed by atoms with Gasteiger partial charge in [0.15, 0.2) is 0 Å². The van der Waals surface area contributed by atoms with Crippen LogP contribution in [0.15, 0.2) is 84.9 Å². The van der Waals surface area contributed by atoms with E-state index in [-0.39, 0.29) is 47.5 Å². The molecule has 6 rings (SSSR count). The maximum absolute atomic E-state index is 2.54. The standard InChI is InChI=1S/2C29H43Si2.Hf/c2*1-28(2,3)24-15-23(16-25(19-24)29(4,5)6)20-13-21-17-26(30(7,8)9)27(31(10,11)12)18-22(21)14-20;/h2*13-19H,1-12H3;/q2*-1;. The van der Waals surface area contributed by atoms with E-state index in [1.54, 1.807) is 20.7 Å². The average molecular weight is 1070 g/mol. The molecule has 0 bridgehead atoms. The van der Waals surface area contributed by atoms with Crippen LogP contribution in [0, 0.1) is 0 Å². The summed E-state index contributed by atoms with van der Waals surface area (Å²) < 4.78 is 0. The van der Waals surface area contributed by atoms with Gasteiger partial charge in [-0.1, -0.05) is 242 Å². The predicted molar refractivity (Wildman–Crippen MR) is 297 cm³/mol. The SMILES string of the molecule is CC(C)(C)c1cc(-c2cc3cc([Si](C)(C)C)c([Si](C)(C)C)cc3[cH-]2)cc(C(C)(C)C)c1.CC(C)(C)c1cc(-c2cc3cc([Si](C)(C)C)c([Si](C)(C)C)cc3[cH-]2)cc(C(C)(C)C)c1.[Hf]. The van der Waals surface area contributed by atoms with Gasteiger partial charge in [-0.2, -0.15) is 0 Å². The number of fused-ring (bicyclic) bond motifs is 2. The monoisotopic (exact) mass is 1070 g/mol. The van der Waals surface area contributed by atoms with Gasteiger partial charge in [0.2, 0.25) is 0 Å². The molecule has 6 aromatic rings. The quantitative estimate of drug-likeness (QED) is 0.115. The first kappa shape index (κ1) is 53.5. The summed E-state index contributed by atoms with van der Waals surface area (Å²) in [7, 11) is -5.63. The molecule has 0 amide bonds. The van der Waals surface area contributed by atoms with Crippen molar-refractivity contribution in [2.45, 2.75) is 183 Å². The molecule has 0 radical (unpaired) electrons. The molecule has 0 N–H and O–H groups in total. The smallest absolute Gasteiger partial charge is 0.0757 e. The zero-order valence-corrected chi connectivity index (χ0v) is 52.2. The molecule has 0 saturated carbocycles. The van der Waals surface area contributed by atoms with Crippen LogP contribution < -0.4 is 20.7 Å². The van der Waals surface area contributed by atoms with Crippen LogP contribution in [0.3, 0.4) is 0 Å². The molecule has 0 unspecified atom stereocenters. The van der Waals surface area contributed by atoms with Gasteiger partial charge in [-0.25, -0.2) is 0 Å². The maximum atomic E-state index is 2.54. The molecule has 0 aliphatic rings. The van der Waals surface area contributed by atoms with Gasteiger partial charge < -0.3 is 0 Å². The topological polar surface area (TPSA) is 0 Å². The third kappa shape index (κ3) is 12.6. The molecular formula is C58H86HfSi4-2. The molecule has 0 fully saturated rings. The molecule has 340 valence electrons. The van der Waals surface area contributed by atoms with Gasteiger partial charge >= 0.3 is 0 Å². The van der Waals surface area contributed by atoms with Crippen molar-refractivity contribution in [2.75, 3.05) is 0 Å². The van der Waals surface area contributed by atoms with Crippen LogP contribution >= 0.6 is 0 Å². The molecule has 0 aromatic heterocycles. The minimum absolute atomic E-state index is 0. The molecular weight excluding hydrogens is 987 g/mol. The molecule has 0 aliphatic heterocycles. The Morgan fingerprint density at radius 2 is 0.524 bits per heavy atom. The van der Waals surface area contributed by atoms with Gasteiger partial charge in [-0.05, 0) is 43.9 Å². The Morgan fingerprint density at radius 1 is 0.302 bits per heavy atom. The second kappa shape index (κ2) is 17.8. The second-order valence-electron chi connectivity index (χ2n) is 27.1. The van der Waals surface area contributed by atoms with Crippen molar-refractivity contribution in [1.82, 2.24) is 0 Å². The normalized spacial score (nSPS) is 13.6. The van der Waals surface area contributed by atoms with Gasteiger partial charge in [0.05, 0.1) is 32.3 Å². The molecule has 0 atom stereocenters. The zero-order valence-electron chi connectivity index (χ0n) is 44.6. The number of rotatable bonds is 6. The summed E-state index contributed by atoms with van der Waals surface area (Å²) in [5.74, 6) is 0. The fraction of sp³-hybridized carbons (Fsp3) is 0.483. The van der Waals surface area contributed by atoms with Crippen molar-refractivity contribution < 1.29 is 25.8 Å². The zero-order chi connectivity index (χ0) is 47.1. The van der Waals surface area contributed by atoms with E-state index >= 15 is 0 Å². The van der Waals surface area contributed by atoms with Crippen molar-refractivity contribution in [3.8, 4) is 22.3 Å². The van der Waals surface area contributed by atoms with E-state index in [1.807, 2.05) is 0 Å². The minimum atomic E-state index is -1.41. The van der Waals surface area contributed by atoms with Gasteiger partial charge in [0.1, 0.15) is 0 Å². The summed E-state index contributed by atoms with van der Waals surface area (Å²) in [4.78, 5) is 0. The van der Waals surface area contributed by atoms with Gasteiger partial charge in [0.25, 0.3) is 0 Å². The van der Waals surface area contributed by atoms with E-state index in [0.29, 0.717) is 0 Å². The summed E-state index contributed by atoms with van der Waals surface area (Å²) in [5, 5.41) is 12.3. The Labute approximate surface area is 410 Å². The first-order chi connectivity index (χ1) is 27.7. The van der Waals surface area contributed by atoms with Crippen LogP contribution in [-0.4, -0.2) is 32.3 Å². The van der Waals surface area contributed by atoms with Gasteiger partial charge in [-0.15, -0.1) is 69.1 Å².